The minimum Gasteiger partial charge on any atom is -0.453 e. The predicted octanol–water partition coefficient (Wildman–Crippen LogP) is 2.15. The zero-order valence-corrected chi connectivity index (χ0v) is 12.9. The molecule has 1 fully saturated rings. The second-order valence-electron chi connectivity index (χ2n) is 4.73. The van der Waals surface area contributed by atoms with Gasteiger partial charge in [0.2, 0.25) is 0 Å². The number of carbonyl (C=O) groups is 2. The molecule has 21 heavy (non-hydrogen) atoms. The lowest BCUT2D eigenvalue weighted by molar-refractivity contribution is 0.0788. The number of hydrogen-bond donors (Lipinski definition) is 2. The van der Waals surface area contributed by atoms with Crippen molar-refractivity contribution < 1.29 is 14.3 Å². The number of nitrogen functional groups attached to an aromatic ring is 1. The average molecular weight is 332 g/mol. The number of ether oxygens (including phenoxy) is 1. The molecule has 1 aliphatic rings. The number of nitrogens with one attached hydrogen (secondary N) is 1. The van der Waals surface area contributed by atoms with E-state index in [1.165, 1.54) is 19.2 Å². The Balaban J connectivity index is 2.06. The number of nitrogens with two attached hydrogens (primary N) is 1. The molecule has 1 saturated heterocycles. The van der Waals surface area contributed by atoms with Crippen LogP contribution < -0.4 is 11.1 Å². The lowest BCUT2D eigenvalue weighted by Gasteiger charge is -2.17. The number of carbonyl (C=O) groups excluding carboxylic acids is 2. The Morgan fingerprint density at radius 3 is 2.76 bits per heavy atom. The minimum atomic E-state index is -0.506. The molecule has 0 bridgehead atoms. The van der Waals surface area contributed by atoms with Gasteiger partial charge in [0.15, 0.2) is 0 Å². The van der Waals surface area contributed by atoms with Crippen LogP contribution in [0.4, 0.5) is 10.5 Å². The van der Waals surface area contributed by atoms with E-state index >= 15 is 0 Å². The van der Waals surface area contributed by atoms with Gasteiger partial charge in [-0.15, -0.1) is 0 Å². The molecule has 0 saturated carbocycles. The van der Waals surface area contributed by atoms with E-state index in [1.807, 2.05) is 0 Å². The standard InChI is InChI=1S/C13H15Cl2N3O3/c1-21-13(20)17-8-2-3-18(6-8)12(19)7-4-9(14)11(15)10(16)5-7/h4-5,8H,2-3,6,16H2,1H3,(H,17,20). The van der Waals surface area contributed by atoms with Gasteiger partial charge in [0, 0.05) is 18.7 Å². The first-order chi connectivity index (χ1) is 9.92. The van der Waals surface area contributed by atoms with E-state index in [2.05, 4.69) is 10.1 Å². The van der Waals surface area contributed by atoms with Crippen molar-refractivity contribution in [2.24, 2.45) is 0 Å². The largest absolute Gasteiger partial charge is 0.453 e. The Bertz CT molecular complexity index is 557. The Morgan fingerprint density at radius 1 is 1.43 bits per heavy atom. The van der Waals surface area contributed by atoms with Gasteiger partial charge in [-0.2, -0.15) is 0 Å². The van der Waals surface area contributed by atoms with Gasteiger partial charge in [-0.1, -0.05) is 23.2 Å². The zero-order valence-electron chi connectivity index (χ0n) is 11.4. The smallest absolute Gasteiger partial charge is 0.407 e. The van der Waals surface area contributed by atoms with Crippen LogP contribution in [-0.2, 0) is 4.74 Å². The molecule has 0 radical (unpaired) electrons. The number of halogens is 2. The van der Waals surface area contributed by atoms with Crippen LogP contribution in [-0.4, -0.2) is 43.1 Å². The van der Waals surface area contributed by atoms with E-state index in [1.54, 1.807) is 4.90 Å². The van der Waals surface area contributed by atoms with E-state index in [4.69, 9.17) is 28.9 Å². The number of benzene rings is 1. The van der Waals surface area contributed by atoms with Crippen molar-refractivity contribution in [1.82, 2.24) is 10.2 Å². The molecule has 1 aromatic carbocycles. The van der Waals surface area contributed by atoms with Crippen molar-refractivity contribution in [2.45, 2.75) is 12.5 Å². The predicted molar refractivity (Wildman–Crippen MR) is 80.7 cm³/mol. The summed E-state index contributed by atoms with van der Waals surface area (Å²) in [6, 6.07) is 2.86. The second kappa shape index (κ2) is 6.41. The first-order valence-electron chi connectivity index (χ1n) is 6.30. The topological polar surface area (TPSA) is 84.7 Å². The molecule has 1 heterocycles. The molecule has 0 aliphatic carbocycles. The molecule has 2 rings (SSSR count). The summed E-state index contributed by atoms with van der Waals surface area (Å²) in [6.45, 7) is 0.946. The van der Waals surface area contributed by atoms with Crippen LogP contribution in [0, 0.1) is 0 Å². The normalized spacial score (nSPS) is 17.7. The SMILES string of the molecule is COC(=O)NC1CCN(C(=O)c2cc(N)c(Cl)c(Cl)c2)C1. The molecule has 2 amide bonds. The van der Waals surface area contributed by atoms with E-state index < -0.39 is 6.09 Å². The molecule has 8 heteroatoms. The number of methoxy groups -OCH3 is 1. The highest BCUT2D eigenvalue weighted by atomic mass is 35.5. The Hall–Kier alpha value is -1.66. The molecule has 1 aromatic rings. The molecular formula is C13H15Cl2N3O3. The van der Waals surface area contributed by atoms with E-state index in [0.29, 0.717) is 25.1 Å². The minimum absolute atomic E-state index is 0.124. The van der Waals surface area contributed by atoms with E-state index in [9.17, 15) is 9.59 Å². The van der Waals surface area contributed by atoms with Crippen LogP contribution >= 0.6 is 23.2 Å². The number of hydrogen-bond acceptors (Lipinski definition) is 4. The summed E-state index contributed by atoms with van der Waals surface area (Å²) < 4.78 is 4.53. The molecular weight excluding hydrogens is 317 g/mol. The number of anilines is 1. The molecule has 1 atom stereocenters. The highest BCUT2D eigenvalue weighted by Crippen LogP contribution is 2.30. The van der Waals surface area contributed by atoms with Crippen LogP contribution in [0.15, 0.2) is 12.1 Å². The maximum Gasteiger partial charge on any atom is 0.407 e. The Kier molecular flexibility index (Phi) is 4.80. The molecule has 6 nitrogen and oxygen atoms in total. The van der Waals surface area contributed by atoms with Gasteiger partial charge in [0.25, 0.3) is 5.91 Å². The van der Waals surface area contributed by atoms with E-state index in [-0.39, 0.29) is 27.7 Å². The number of likely N-dealkylation sites (tertiary alicyclic amines) is 1. The van der Waals surface area contributed by atoms with Crippen molar-refractivity contribution in [3.63, 3.8) is 0 Å². The summed E-state index contributed by atoms with van der Waals surface area (Å²) in [5.41, 5.74) is 6.34. The summed E-state index contributed by atoms with van der Waals surface area (Å²) >= 11 is 11.8. The van der Waals surface area contributed by atoms with Crippen LogP contribution in [0.1, 0.15) is 16.8 Å². The molecule has 114 valence electrons. The van der Waals surface area contributed by atoms with Crippen LogP contribution in [0.5, 0.6) is 0 Å². The molecule has 0 aromatic heterocycles. The van der Waals surface area contributed by atoms with Crippen LogP contribution in [0.3, 0.4) is 0 Å². The second-order valence-corrected chi connectivity index (χ2v) is 5.52. The van der Waals surface area contributed by atoms with Crippen molar-refractivity contribution in [2.75, 3.05) is 25.9 Å². The Labute approximate surface area is 132 Å². The third-order valence-corrected chi connectivity index (χ3v) is 4.10. The Morgan fingerprint density at radius 2 is 2.14 bits per heavy atom. The number of amides is 2. The molecule has 0 spiro atoms. The molecule has 1 aliphatic heterocycles. The third-order valence-electron chi connectivity index (χ3n) is 3.29. The monoisotopic (exact) mass is 331 g/mol. The fraction of sp³-hybridized carbons (Fsp3) is 0.385. The highest BCUT2D eigenvalue weighted by molar-refractivity contribution is 6.43. The maximum atomic E-state index is 12.4. The zero-order chi connectivity index (χ0) is 15.6. The van der Waals surface area contributed by atoms with Crippen LogP contribution in [0.25, 0.3) is 0 Å². The van der Waals surface area contributed by atoms with Crippen LogP contribution in [0.2, 0.25) is 10.0 Å². The van der Waals surface area contributed by atoms with Crippen molar-refractivity contribution in [1.29, 1.82) is 0 Å². The quantitative estimate of drug-likeness (QED) is 0.813. The van der Waals surface area contributed by atoms with Gasteiger partial charge in [-0.05, 0) is 18.6 Å². The first-order valence-corrected chi connectivity index (χ1v) is 7.06. The molecule has 3 N–H and O–H groups in total. The maximum absolute atomic E-state index is 12.4. The van der Waals surface area contributed by atoms with Gasteiger partial charge in [-0.3, -0.25) is 4.79 Å². The number of nitrogens with zero attached hydrogens (tertiary/aromatic N) is 1. The van der Waals surface area contributed by atoms with Gasteiger partial charge >= 0.3 is 6.09 Å². The summed E-state index contributed by atoms with van der Waals surface area (Å²) in [7, 11) is 1.30. The van der Waals surface area contributed by atoms with Gasteiger partial charge < -0.3 is 20.7 Å². The summed E-state index contributed by atoms with van der Waals surface area (Å²) in [5, 5.41) is 3.15. The number of rotatable bonds is 2. The summed E-state index contributed by atoms with van der Waals surface area (Å²) in [6.07, 6.45) is 0.158. The summed E-state index contributed by atoms with van der Waals surface area (Å²) in [4.78, 5) is 25.2. The van der Waals surface area contributed by atoms with Crippen molar-refractivity contribution >= 4 is 40.9 Å². The summed E-state index contributed by atoms with van der Waals surface area (Å²) in [5.74, 6) is -0.200. The first kappa shape index (κ1) is 15.7. The van der Waals surface area contributed by atoms with E-state index in [0.717, 1.165) is 0 Å². The van der Waals surface area contributed by atoms with Gasteiger partial charge in [0.05, 0.1) is 28.9 Å². The number of alkyl carbamates (subject to hydrolysis) is 1. The fourth-order valence-corrected chi connectivity index (χ4v) is 2.54. The van der Waals surface area contributed by atoms with Crippen molar-refractivity contribution in [3.05, 3.63) is 27.7 Å². The average Bonchev–Trinajstić information content (AvgIpc) is 2.91. The fourth-order valence-electron chi connectivity index (χ4n) is 2.20. The highest BCUT2D eigenvalue weighted by Gasteiger charge is 2.28. The third kappa shape index (κ3) is 3.51. The van der Waals surface area contributed by atoms with Crippen molar-refractivity contribution in [3.8, 4) is 0 Å². The van der Waals surface area contributed by atoms with Gasteiger partial charge in [0.1, 0.15) is 0 Å². The van der Waals surface area contributed by atoms with Gasteiger partial charge in [-0.25, -0.2) is 4.79 Å². The lowest BCUT2D eigenvalue weighted by atomic mass is 10.2. The lowest BCUT2D eigenvalue weighted by Crippen LogP contribution is -2.38. The molecule has 1 unspecified atom stereocenters.